The predicted molar refractivity (Wildman–Crippen MR) is 154 cm³/mol. The van der Waals surface area contributed by atoms with E-state index in [4.69, 9.17) is 10.5 Å². The fourth-order valence-corrected chi connectivity index (χ4v) is 4.31. The van der Waals surface area contributed by atoms with Crippen LogP contribution in [0.1, 0.15) is 110 Å². The van der Waals surface area contributed by atoms with Gasteiger partial charge in [0.15, 0.2) is 0 Å². The molecule has 0 aliphatic heterocycles. The molecule has 9 heteroatoms. The third-order valence-electron chi connectivity index (χ3n) is 6.30. The van der Waals surface area contributed by atoms with E-state index in [1.165, 1.54) is 4.90 Å². The molecule has 0 spiro atoms. The van der Waals surface area contributed by atoms with Gasteiger partial charge < -0.3 is 26.0 Å². The lowest BCUT2D eigenvalue weighted by Gasteiger charge is -2.35. The first-order valence-electron chi connectivity index (χ1n) is 14.3. The summed E-state index contributed by atoms with van der Waals surface area (Å²) >= 11 is 0. The Morgan fingerprint density at radius 1 is 0.949 bits per heavy atom. The number of hydrogen-bond acceptors (Lipinski definition) is 5. The molecule has 1 rings (SSSR count). The zero-order valence-electron chi connectivity index (χ0n) is 24.8. The molecule has 1 aromatic rings. The number of nitrogens with zero attached hydrogens (tertiary/aromatic N) is 1. The van der Waals surface area contributed by atoms with Crippen LogP contribution in [0.2, 0.25) is 0 Å². The first-order chi connectivity index (χ1) is 18.4. The van der Waals surface area contributed by atoms with E-state index in [1.807, 2.05) is 38.1 Å². The van der Waals surface area contributed by atoms with Crippen molar-refractivity contribution < 1.29 is 23.9 Å². The Kier molecular flexibility index (Phi) is 15.2. The van der Waals surface area contributed by atoms with Crippen molar-refractivity contribution in [1.82, 2.24) is 15.5 Å². The van der Waals surface area contributed by atoms with Crippen LogP contribution in [0, 0.1) is 6.92 Å². The van der Waals surface area contributed by atoms with Gasteiger partial charge in [0.2, 0.25) is 17.7 Å². The molecule has 0 aliphatic carbocycles. The molecule has 220 valence electrons. The fraction of sp³-hybridized carbons (Fsp3) is 0.667. The van der Waals surface area contributed by atoms with Crippen LogP contribution >= 0.6 is 0 Å². The van der Waals surface area contributed by atoms with Gasteiger partial charge in [-0.3, -0.25) is 14.4 Å². The number of ether oxygens (including phenoxy) is 1. The first kappa shape index (κ1) is 33.9. The normalized spacial score (nSPS) is 12.8. The van der Waals surface area contributed by atoms with Crippen molar-refractivity contribution in [2.45, 2.75) is 117 Å². The van der Waals surface area contributed by atoms with Crippen molar-refractivity contribution in [2.24, 2.45) is 5.73 Å². The van der Waals surface area contributed by atoms with Gasteiger partial charge in [0, 0.05) is 13.1 Å². The molecular formula is C30H50N4O5. The molecule has 0 aromatic heterocycles. The van der Waals surface area contributed by atoms with E-state index >= 15 is 0 Å². The molecule has 39 heavy (non-hydrogen) atoms. The molecule has 9 nitrogen and oxygen atoms in total. The number of nitrogens with two attached hydrogens (primary N) is 1. The molecule has 2 atom stereocenters. The zero-order chi connectivity index (χ0) is 29.4. The van der Waals surface area contributed by atoms with Crippen LogP contribution in [0.3, 0.4) is 0 Å². The highest BCUT2D eigenvalue weighted by Gasteiger charge is 2.37. The number of carbonyl (C=O) groups is 4. The fourth-order valence-electron chi connectivity index (χ4n) is 4.31. The lowest BCUT2D eigenvalue weighted by Crippen LogP contribution is -2.54. The van der Waals surface area contributed by atoms with Crippen LogP contribution < -0.4 is 16.4 Å². The maximum atomic E-state index is 14.1. The highest BCUT2D eigenvalue weighted by atomic mass is 16.6. The number of hydrogen-bond donors (Lipinski definition) is 3. The monoisotopic (exact) mass is 546 g/mol. The number of alkyl carbamates (subject to hydrolysis) is 1. The Morgan fingerprint density at radius 3 is 2.15 bits per heavy atom. The molecule has 0 heterocycles. The number of rotatable bonds is 17. The van der Waals surface area contributed by atoms with Crippen LogP contribution in [-0.4, -0.2) is 53.4 Å². The van der Waals surface area contributed by atoms with E-state index in [-0.39, 0.29) is 12.5 Å². The van der Waals surface area contributed by atoms with Crippen molar-refractivity contribution in [3.63, 3.8) is 0 Å². The standard InChI is InChI=1S/C30H50N4O5/c1-7-9-11-12-13-16-20-34(28(37)24(21-25(31)35)33-29(38)39-30(4,5)6)26(27(36)32-19-10-8-2)23-18-15-14-17-22(23)3/h14-15,17-18,24,26H,7-13,16,19-21H2,1-6H3,(H2,31,35)(H,32,36)(H,33,38). The van der Waals surface area contributed by atoms with Gasteiger partial charge in [-0.05, 0) is 51.7 Å². The topological polar surface area (TPSA) is 131 Å². The van der Waals surface area contributed by atoms with Gasteiger partial charge in [-0.25, -0.2) is 4.79 Å². The zero-order valence-corrected chi connectivity index (χ0v) is 24.8. The lowest BCUT2D eigenvalue weighted by atomic mass is 9.97. The van der Waals surface area contributed by atoms with Crippen LogP contribution in [-0.2, 0) is 19.1 Å². The summed E-state index contributed by atoms with van der Waals surface area (Å²) in [5.41, 5.74) is 6.23. The minimum atomic E-state index is -1.27. The van der Waals surface area contributed by atoms with Crippen LogP contribution in [0.5, 0.6) is 0 Å². The van der Waals surface area contributed by atoms with E-state index in [9.17, 15) is 19.2 Å². The van der Waals surface area contributed by atoms with E-state index in [1.54, 1.807) is 20.8 Å². The van der Waals surface area contributed by atoms with Gasteiger partial charge >= 0.3 is 6.09 Å². The largest absolute Gasteiger partial charge is 0.444 e. The average molecular weight is 547 g/mol. The number of carbonyl (C=O) groups excluding carboxylic acids is 4. The highest BCUT2D eigenvalue weighted by Crippen LogP contribution is 2.27. The summed E-state index contributed by atoms with van der Waals surface area (Å²) in [6.45, 7) is 12.0. The van der Waals surface area contributed by atoms with Crippen LogP contribution in [0.15, 0.2) is 24.3 Å². The van der Waals surface area contributed by atoms with Crippen molar-refractivity contribution in [1.29, 1.82) is 0 Å². The average Bonchev–Trinajstić information content (AvgIpc) is 2.84. The number of primary amides is 1. The smallest absolute Gasteiger partial charge is 0.408 e. The Balaban J connectivity index is 3.43. The van der Waals surface area contributed by atoms with Gasteiger partial charge in [-0.1, -0.05) is 76.6 Å². The molecule has 0 fully saturated rings. The van der Waals surface area contributed by atoms with Crippen LogP contribution in [0.4, 0.5) is 4.79 Å². The van der Waals surface area contributed by atoms with Crippen LogP contribution in [0.25, 0.3) is 0 Å². The van der Waals surface area contributed by atoms with Gasteiger partial charge in [-0.15, -0.1) is 0 Å². The van der Waals surface area contributed by atoms with Gasteiger partial charge in [-0.2, -0.15) is 0 Å². The molecule has 0 saturated heterocycles. The number of nitrogens with one attached hydrogen (secondary N) is 2. The Bertz CT molecular complexity index is 928. The summed E-state index contributed by atoms with van der Waals surface area (Å²) in [6.07, 6.45) is 6.44. The summed E-state index contributed by atoms with van der Waals surface area (Å²) in [6, 6.07) is 5.25. The first-order valence-corrected chi connectivity index (χ1v) is 14.3. The molecule has 0 saturated carbocycles. The summed E-state index contributed by atoms with van der Waals surface area (Å²) in [5.74, 6) is -1.59. The van der Waals surface area contributed by atoms with Gasteiger partial charge in [0.1, 0.15) is 17.7 Å². The Labute approximate surface area is 234 Å². The number of amides is 4. The predicted octanol–water partition coefficient (Wildman–Crippen LogP) is 4.91. The number of aryl methyl sites for hydroxylation is 1. The van der Waals surface area contributed by atoms with Crippen molar-refractivity contribution >= 4 is 23.8 Å². The van der Waals surface area contributed by atoms with Crippen molar-refractivity contribution in [3.05, 3.63) is 35.4 Å². The Hall–Kier alpha value is -3.10. The van der Waals surface area contributed by atoms with Gasteiger partial charge in [0.25, 0.3) is 0 Å². The maximum absolute atomic E-state index is 14.1. The van der Waals surface area contributed by atoms with E-state index < -0.39 is 42.0 Å². The highest BCUT2D eigenvalue weighted by molar-refractivity contribution is 5.94. The van der Waals surface area contributed by atoms with E-state index in [0.717, 1.165) is 50.5 Å². The second-order valence-corrected chi connectivity index (χ2v) is 11.1. The summed E-state index contributed by atoms with van der Waals surface area (Å²) in [4.78, 5) is 53.8. The van der Waals surface area contributed by atoms with Crippen molar-refractivity contribution in [2.75, 3.05) is 13.1 Å². The summed E-state index contributed by atoms with van der Waals surface area (Å²) in [5, 5.41) is 5.51. The molecule has 1 aromatic carbocycles. The lowest BCUT2D eigenvalue weighted by molar-refractivity contribution is -0.143. The summed E-state index contributed by atoms with van der Waals surface area (Å²) in [7, 11) is 0. The molecule has 0 bridgehead atoms. The quantitative estimate of drug-likeness (QED) is 0.239. The SMILES string of the molecule is CCCCCCCCN(C(=O)C(CC(N)=O)NC(=O)OC(C)(C)C)C(C(=O)NCCCC)c1ccccc1C. The molecule has 4 N–H and O–H groups in total. The Morgan fingerprint density at radius 2 is 1.56 bits per heavy atom. The van der Waals surface area contributed by atoms with E-state index in [0.29, 0.717) is 18.5 Å². The molecule has 0 aliphatic rings. The maximum Gasteiger partial charge on any atom is 0.408 e. The minimum absolute atomic E-state index is 0.288. The minimum Gasteiger partial charge on any atom is -0.444 e. The summed E-state index contributed by atoms with van der Waals surface area (Å²) < 4.78 is 5.34. The second kappa shape index (κ2) is 17.5. The molecule has 2 unspecified atom stereocenters. The van der Waals surface area contributed by atoms with Crippen molar-refractivity contribution in [3.8, 4) is 0 Å². The second-order valence-electron chi connectivity index (χ2n) is 11.1. The number of benzene rings is 1. The molecule has 4 amide bonds. The number of unbranched alkanes of at least 4 members (excludes halogenated alkanes) is 6. The third-order valence-corrected chi connectivity index (χ3v) is 6.30. The molecular weight excluding hydrogens is 496 g/mol. The third kappa shape index (κ3) is 13.0. The molecule has 0 radical (unpaired) electrons. The van der Waals surface area contributed by atoms with E-state index in [2.05, 4.69) is 17.6 Å². The van der Waals surface area contributed by atoms with Gasteiger partial charge in [0.05, 0.1) is 6.42 Å².